The van der Waals surface area contributed by atoms with E-state index in [-0.39, 0.29) is 16.2 Å². The van der Waals surface area contributed by atoms with E-state index in [0.29, 0.717) is 17.8 Å². The number of hydrogen-bond donors (Lipinski definition) is 0. The molecule has 0 atom stereocenters. The van der Waals surface area contributed by atoms with Crippen LogP contribution in [0.3, 0.4) is 0 Å². The molecule has 0 bridgehead atoms. The number of benzene rings is 16. The lowest BCUT2D eigenvalue weighted by atomic mass is 9.81. The normalized spacial score (nSPS) is 13.9. The first-order chi connectivity index (χ1) is 60.9. The van der Waals surface area contributed by atoms with Crippen LogP contribution in [-0.4, -0.2) is 58.6 Å². The number of fused-ring (bicyclic) bond motifs is 42. The first-order valence-corrected chi connectivity index (χ1v) is 42.6. The number of rotatable bonds is 3. The van der Waals surface area contributed by atoms with Crippen LogP contribution < -0.4 is 0 Å². The van der Waals surface area contributed by atoms with Crippen LogP contribution in [0.1, 0.15) is 74.9 Å². The molecule has 0 spiro atoms. The Hall–Kier alpha value is -15.8. The molecule has 9 heterocycles. The lowest BCUT2D eigenvalue weighted by molar-refractivity contribution is 0.665. The molecule has 0 N–H and O–H groups in total. The van der Waals surface area contributed by atoms with Gasteiger partial charge in [0, 0.05) is 140 Å². The van der Waals surface area contributed by atoms with Crippen molar-refractivity contribution in [2.75, 3.05) is 0 Å². The van der Waals surface area contributed by atoms with Gasteiger partial charge in [-0.05, 0) is 136 Å². The minimum Gasteiger partial charge on any atom is -0.277 e. The van der Waals surface area contributed by atoms with Crippen LogP contribution in [0.15, 0.2) is 340 Å². The Bertz CT molecular complexity index is 8700. The largest absolute Gasteiger partial charge is 0.277 e. The maximum absolute atomic E-state index is 5.43. The van der Waals surface area contributed by atoms with Crippen LogP contribution >= 0.6 is 0 Å². The predicted molar refractivity (Wildman–Crippen MR) is 510 cm³/mol. The van der Waals surface area contributed by atoms with E-state index in [1.165, 1.54) is 148 Å². The molecule has 124 heavy (non-hydrogen) atoms. The molecule has 28 rings (SSSR count). The SMILES string of the molecule is CC1(C)c2ccccc2-c2c1c1ncccc1c1c3ccccc3n(-c3ncc4c(ccc5ccccc54)n3)c21.CC1(C)c2ccccc2-c2c1c1ncccc1c1c3ccccc3n(-c3ncc4c(ccc5ccccc54)n3)c21.CC1(C)c2ccccc2-c2c1c1ncccc1c1c3ccccc3n(-c3ncc4c5ccccc5c5ccccc5c4n3)c21. The summed E-state index contributed by atoms with van der Waals surface area (Å²) in [5.41, 5.74) is 27.4. The van der Waals surface area contributed by atoms with Crippen LogP contribution in [0.5, 0.6) is 0 Å². The van der Waals surface area contributed by atoms with E-state index in [1.807, 2.05) is 49.3 Å². The summed E-state index contributed by atoms with van der Waals surface area (Å²) in [5, 5.41) is 23.3. The third-order valence-electron chi connectivity index (χ3n) is 27.5. The molecule has 582 valence electrons. The number of pyridine rings is 3. The van der Waals surface area contributed by atoms with Crippen molar-refractivity contribution < 1.29 is 0 Å². The zero-order valence-corrected chi connectivity index (χ0v) is 68.7. The molecule has 0 radical (unpaired) electrons. The molecule has 0 saturated carbocycles. The molecule has 0 saturated heterocycles. The zero-order chi connectivity index (χ0) is 82.3. The smallest absolute Gasteiger partial charge is 0.235 e. The molecule has 0 amide bonds. The summed E-state index contributed by atoms with van der Waals surface area (Å²) < 4.78 is 6.86. The van der Waals surface area contributed by atoms with Crippen molar-refractivity contribution in [2.24, 2.45) is 0 Å². The Labute approximate surface area is 710 Å². The Balaban J connectivity index is 0.0000000996. The second-order valence-corrected chi connectivity index (χ2v) is 35.0. The third kappa shape index (κ3) is 9.48. The highest BCUT2D eigenvalue weighted by molar-refractivity contribution is 6.31. The molecule has 3 aliphatic rings. The standard InChI is InChI=1S/C40H26N4.2C36H24N4/c1-40(2)31-19-9-7-16-27(31)34-35(40)37-29(18-11-21-41-37)33-28-17-8-10-20-32(28)44(38(33)34)39-42-22-30-25-14-4-3-12-23(25)24-13-5-6-15-26(24)36(30)43-39;2*1-36(2)27-15-7-5-12-23(27)31-32(36)33-25(14-9-19-37-33)30-24-13-6-8-16-29(24)40(34(30)31)35-38-20-26-22-11-4-3-10-21(22)17-18-28(26)39-35/h3-22H,1-2H3;2*3-20H,1-2H3. The average Bonchev–Trinajstić information content (AvgIpc) is 1.52. The fourth-order valence-electron chi connectivity index (χ4n) is 22.3. The molecule has 0 aliphatic heterocycles. The first-order valence-electron chi connectivity index (χ1n) is 42.6. The average molecular weight is 1590 g/mol. The van der Waals surface area contributed by atoms with E-state index < -0.39 is 0 Å². The summed E-state index contributed by atoms with van der Waals surface area (Å²) in [6, 6.07) is 108. The van der Waals surface area contributed by atoms with Crippen molar-refractivity contribution in [3.8, 4) is 51.2 Å². The van der Waals surface area contributed by atoms with Gasteiger partial charge in [-0.2, -0.15) is 0 Å². The zero-order valence-electron chi connectivity index (χ0n) is 68.7. The van der Waals surface area contributed by atoms with Crippen molar-refractivity contribution in [2.45, 2.75) is 57.8 Å². The predicted octanol–water partition coefficient (Wildman–Crippen LogP) is 27.4. The van der Waals surface area contributed by atoms with Crippen LogP contribution in [0.2, 0.25) is 0 Å². The molecule has 9 aromatic heterocycles. The maximum Gasteiger partial charge on any atom is 0.235 e. The Morgan fingerprint density at radius 1 is 0.218 bits per heavy atom. The second-order valence-electron chi connectivity index (χ2n) is 35.0. The van der Waals surface area contributed by atoms with Gasteiger partial charge in [0.2, 0.25) is 17.8 Å². The number of nitrogens with zero attached hydrogens (tertiary/aromatic N) is 12. The lowest BCUT2D eigenvalue weighted by Crippen LogP contribution is -2.16. The molecular weight excluding hydrogens is 1510 g/mol. The molecule has 0 fully saturated rings. The fraction of sp³-hybridized carbons (Fsp3) is 0.0804. The molecule has 3 aliphatic carbocycles. The lowest BCUT2D eigenvalue weighted by Gasteiger charge is -2.23. The Morgan fingerprint density at radius 2 is 0.508 bits per heavy atom. The highest BCUT2D eigenvalue weighted by Crippen LogP contribution is 2.60. The van der Waals surface area contributed by atoms with E-state index in [4.69, 9.17) is 44.9 Å². The second kappa shape index (κ2) is 25.6. The van der Waals surface area contributed by atoms with Crippen molar-refractivity contribution in [1.29, 1.82) is 0 Å². The molecular formula is C112H74N12. The summed E-state index contributed by atoms with van der Waals surface area (Å²) in [4.78, 5) is 46.1. The van der Waals surface area contributed by atoms with Gasteiger partial charge in [0.15, 0.2) is 0 Å². The van der Waals surface area contributed by atoms with Gasteiger partial charge in [-0.3, -0.25) is 28.7 Å². The van der Waals surface area contributed by atoms with Gasteiger partial charge in [0.25, 0.3) is 0 Å². The number of aromatic nitrogens is 12. The highest BCUT2D eigenvalue weighted by Gasteiger charge is 2.44. The van der Waals surface area contributed by atoms with Gasteiger partial charge in [-0.25, -0.2) is 29.9 Å². The van der Waals surface area contributed by atoms with E-state index in [1.54, 1.807) is 0 Å². The molecule has 12 nitrogen and oxygen atoms in total. The quantitative estimate of drug-likeness (QED) is 0.159. The summed E-state index contributed by atoms with van der Waals surface area (Å²) in [6.07, 6.45) is 11.8. The summed E-state index contributed by atoms with van der Waals surface area (Å²) in [7, 11) is 0. The fourth-order valence-corrected chi connectivity index (χ4v) is 22.3. The van der Waals surface area contributed by atoms with Crippen LogP contribution in [0.4, 0.5) is 0 Å². The van der Waals surface area contributed by atoms with Gasteiger partial charge < -0.3 is 0 Å². The topological polar surface area (TPSA) is 131 Å². The highest BCUT2D eigenvalue weighted by atomic mass is 15.2. The van der Waals surface area contributed by atoms with Crippen molar-refractivity contribution in [3.05, 3.63) is 374 Å². The molecule has 0 unspecified atom stereocenters. The first kappa shape index (κ1) is 70.1. The van der Waals surface area contributed by atoms with E-state index >= 15 is 0 Å². The Morgan fingerprint density at radius 3 is 0.895 bits per heavy atom. The summed E-state index contributed by atoms with van der Waals surface area (Å²) >= 11 is 0. The van der Waals surface area contributed by atoms with E-state index in [0.717, 1.165) is 93.1 Å². The van der Waals surface area contributed by atoms with E-state index in [9.17, 15) is 0 Å². The van der Waals surface area contributed by atoms with Gasteiger partial charge in [-0.1, -0.05) is 296 Å². The van der Waals surface area contributed by atoms with Gasteiger partial charge in [-0.15, -0.1) is 0 Å². The summed E-state index contributed by atoms with van der Waals surface area (Å²) in [5.74, 6) is 2.04. The Kier molecular flexibility index (Phi) is 14.5. The van der Waals surface area contributed by atoms with Gasteiger partial charge in [0.05, 0.1) is 66.2 Å². The maximum atomic E-state index is 5.43. The van der Waals surface area contributed by atoms with Crippen molar-refractivity contribution in [3.63, 3.8) is 0 Å². The van der Waals surface area contributed by atoms with Crippen molar-refractivity contribution >= 4 is 174 Å². The summed E-state index contributed by atoms with van der Waals surface area (Å²) in [6.45, 7) is 13.9. The van der Waals surface area contributed by atoms with Gasteiger partial charge >= 0.3 is 0 Å². The van der Waals surface area contributed by atoms with E-state index in [2.05, 4.69) is 346 Å². The molecule has 25 aromatic rings. The minimum atomic E-state index is -0.215. The molecule has 12 heteroatoms. The van der Waals surface area contributed by atoms with Crippen LogP contribution in [0, 0.1) is 0 Å². The monoisotopic (exact) mass is 1590 g/mol. The van der Waals surface area contributed by atoms with Crippen molar-refractivity contribution in [1.82, 2.24) is 58.6 Å². The van der Waals surface area contributed by atoms with Crippen LogP contribution in [-0.2, 0) is 16.2 Å². The number of hydrogen-bond acceptors (Lipinski definition) is 9. The minimum absolute atomic E-state index is 0.197. The van der Waals surface area contributed by atoms with Gasteiger partial charge in [0.1, 0.15) is 0 Å². The van der Waals surface area contributed by atoms with Crippen LogP contribution in [0.25, 0.3) is 225 Å². The third-order valence-corrected chi connectivity index (χ3v) is 27.5. The number of para-hydroxylation sites is 3. The molecule has 16 aromatic carbocycles.